The first kappa shape index (κ1) is 46.4. The van der Waals surface area contributed by atoms with Crippen molar-refractivity contribution in [3.05, 3.63) is 0 Å². The van der Waals surface area contributed by atoms with Gasteiger partial charge in [-0.25, -0.2) is 0 Å². The maximum Gasteiger partial charge on any atom is 0.157 e. The van der Waals surface area contributed by atoms with E-state index in [1.165, 1.54) is 173 Å². The second-order valence-electron chi connectivity index (χ2n) is 14.4. The molecular formula is C42H85NO2. The fourth-order valence-corrected chi connectivity index (χ4v) is 6.37. The van der Waals surface area contributed by atoms with Gasteiger partial charge in [0.2, 0.25) is 0 Å². The molecule has 0 radical (unpaired) electrons. The molecule has 0 saturated carbocycles. The quantitative estimate of drug-likeness (QED) is 0.0513. The van der Waals surface area contributed by atoms with Crippen LogP contribution in [0.3, 0.4) is 0 Å². The van der Waals surface area contributed by atoms with E-state index in [0.717, 1.165) is 25.7 Å². The highest BCUT2D eigenvalue weighted by Crippen LogP contribution is 2.17. The van der Waals surface area contributed by atoms with Gasteiger partial charge in [0, 0.05) is 12.8 Å². The number of carbonyl (C=O) groups is 2. The number of hydrogen-bond acceptors (Lipinski definition) is 3. The zero-order chi connectivity index (χ0) is 33.6. The summed E-state index contributed by atoms with van der Waals surface area (Å²) in [6.45, 7) is 8.82. The Morgan fingerprint density at radius 3 is 0.711 bits per heavy atom. The van der Waals surface area contributed by atoms with Gasteiger partial charge in [-0.15, -0.1) is 0 Å². The molecule has 0 heterocycles. The number of unbranched alkanes of at least 4 members (excludes halogenated alkanes) is 28. The normalized spacial score (nSPS) is 11.3. The van der Waals surface area contributed by atoms with Crippen molar-refractivity contribution in [2.24, 2.45) is 0 Å². The van der Waals surface area contributed by atoms with Gasteiger partial charge >= 0.3 is 0 Å². The minimum atomic E-state index is -0.525. The van der Waals surface area contributed by atoms with Gasteiger partial charge in [-0.1, -0.05) is 214 Å². The van der Waals surface area contributed by atoms with E-state index >= 15 is 0 Å². The average molecular weight is 636 g/mol. The van der Waals surface area contributed by atoms with Gasteiger partial charge in [0.05, 0.1) is 0 Å². The molecule has 0 rings (SSSR count). The Hall–Kier alpha value is -0.700. The summed E-state index contributed by atoms with van der Waals surface area (Å²) in [6, 6.07) is -0.525. The Morgan fingerprint density at radius 2 is 0.533 bits per heavy atom. The second kappa shape index (κ2) is 39.5. The average Bonchev–Trinajstić information content (AvgIpc) is 3.01. The van der Waals surface area contributed by atoms with Gasteiger partial charge in [0.15, 0.2) is 11.6 Å². The molecule has 0 aliphatic heterocycles. The van der Waals surface area contributed by atoms with E-state index in [1.54, 1.807) is 0 Å². The molecule has 0 saturated heterocycles. The van der Waals surface area contributed by atoms with E-state index < -0.39 is 6.04 Å². The largest absolute Gasteiger partial charge is 0.297 e. The maximum atomic E-state index is 12.9. The minimum Gasteiger partial charge on any atom is -0.297 e. The van der Waals surface area contributed by atoms with Gasteiger partial charge in [-0.05, 0) is 26.9 Å². The number of carbonyl (C=O) groups excluding carboxylic acids is 2. The summed E-state index contributed by atoms with van der Waals surface area (Å²) >= 11 is 0. The lowest BCUT2D eigenvalue weighted by Crippen LogP contribution is -2.42. The maximum absolute atomic E-state index is 12.9. The number of ketones is 2. The van der Waals surface area contributed by atoms with Crippen molar-refractivity contribution < 1.29 is 9.59 Å². The minimum absolute atomic E-state index is 0.139. The van der Waals surface area contributed by atoms with Crippen LogP contribution in [0, 0.1) is 0 Å². The van der Waals surface area contributed by atoms with Crippen molar-refractivity contribution in [2.75, 3.05) is 14.1 Å². The third-order valence-electron chi connectivity index (χ3n) is 9.18. The lowest BCUT2D eigenvalue weighted by Gasteiger charge is -2.22. The van der Waals surface area contributed by atoms with Crippen LogP contribution in [-0.2, 0) is 9.59 Å². The summed E-state index contributed by atoms with van der Waals surface area (Å²) in [5, 5.41) is 0. The second-order valence-corrected chi connectivity index (χ2v) is 14.4. The van der Waals surface area contributed by atoms with Crippen LogP contribution >= 0.6 is 0 Å². The molecule has 0 atom stereocenters. The highest BCUT2D eigenvalue weighted by atomic mass is 16.2. The molecule has 0 aliphatic carbocycles. The van der Waals surface area contributed by atoms with E-state index in [0.29, 0.717) is 12.8 Å². The van der Waals surface area contributed by atoms with E-state index in [2.05, 4.69) is 27.7 Å². The van der Waals surface area contributed by atoms with E-state index in [1.807, 2.05) is 19.0 Å². The van der Waals surface area contributed by atoms with E-state index in [9.17, 15) is 9.59 Å². The first-order valence-electron chi connectivity index (χ1n) is 20.7. The Labute approximate surface area is 285 Å². The number of hydrogen-bond donors (Lipinski definition) is 0. The van der Waals surface area contributed by atoms with Crippen LogP contribution < -0.4 is 0 Å². The zero-order valence-corrected chi connectivity index (χ0v) is 32.2. The number of likely N-dealkylation sites (N-methyl/N-ethyl adjacent to an activating group) is 1. The van der Waals surface area contributed by atoms with Crippen molar-refractivity contribution in [1.82, 2.24) is 4.90 Å². The van der Waals surface area contributed by atoms with Crippen molar-refractivity contribution in [3.63, 3.8) is 0 Å². The number of rotatable bonds is 35. The Morgan fingerprint density at radius 1 is 0.356 bits per heavy atom. The first-order valence-corrected chi connectivity index (χ1v) is 20.7. The molecule has 270 valence electrons. The van der Waals surface area contributed by atoms with Crippen LogP contribution in [-0.4, -0.2) is 36.6 Å². The highest BCUT2D eigenvalue weighted by molar-refractivity contribution is 6.06. The van der Waals surface area contributed by atoms with Crippen LogP contribution in [0.5, 0.6) is 0 Å². The molecule has 0 fully saturated rings. The fourth-order valence-electron chi connectivity index (χ4n) is 6.37. The van der Waals surface area contributed by atoms with Crippen molar-refractivity contribution in [1.29, 1.82) is 0 Å². The standard InChI is InChI=1S/C39H77NO2.C3H8/c1-5-7-9-11-13-15-17-19-21-23-25-27-29-31-33-35-37(41)39(40(3)4)38(42)36-34-32-30-28-26-24-22-20-18-16-14-12-10-8-6-2;1-3-2/h39H,5-36H2,1-4H3;3H2,1-2H3. The number of Topliss-reactive ketones (excluding diaryl/α,β-unsaturated/α-hetero) is 2. The molecule has 0 spiro atoms. The van der Waals surface area contributed by atoms with Crippen LogP contribution in [0.2, 0.25) is 0 Å². The smallest absolute Gasteiger partial charge is 0.157 e. The molecule has 3 heteroatoms. The predicted molar refractivity (Wildman–Crippen MR) is 203 cm³/mol. The van der Waals surface area contributed by atoms with Gasteiger partial charge in [0.1, 0.15) is 6.04 Å². The van der Waals surface area contributed by atoms with Crippen LogP contribution in [0.15, 0.2) is 0 Å². The lowest BCUT2D eigenvalue weighted by atomic mass is 9.96. The van der Waals surface area contributed by atoms with Crippen LogP contribution in [0.25, 0.3) is 0 Å². The summed E-state index contributed by atoms with van der Waals surface area (Å²) in [6.07, 6.45) is 42.3. The molecule has 0 unspecified atom stereocenters. The topological polar surface area (TPSA) is 37.4 Å². The van der Waals surface area contributed by atoms with Crippen LogP contribution in [0.1, 0.15) is 240 Å². The van der Waals surface area contributed by atoms with Crippen molar-refractivity contribution >= 4 is 11.6 Å². The van der Waals surface area contributed by atoms with E-state index in [4.69, 9.17) is 0 Å². The Kier molecular flexibility index (Phi) is 40.7. The van der Waals surface area contributed by atoms with E-state index in [-0.39, 0.29) is 11.6 Å². The van der Waals surface area contributed by atoms with Gasteiger partial charge < -0.3 is 0 Å². The number of nitrogens with zero attached hydrogens (tertiary/aromatic N) is 1. The molecule has 3 nitrogen and oxygen atoms in total. The lowest BCUT2D eigenvalue weighted by molar-refractivity contribution is -0.133. The molecule has 0 N–H and O–H groups in total. The van der Waals surface area contributed by atoms with Gasteiger partial charge in [0.25, 0.3) is 0 Å². The zero-order valence-electron chi connectivity index (χ0n) is 32.2. The Balaban J connectivity index is 0. The first-order chi connectivity index (χ1) is 22.0. The van der Waals surface area contributed by atoms with Crippen LogP contribution in [0.4, 0.5) is 0 Å². The summed E-state index contributed by atoms with van der Waals surface area (Å²) < 4.78 is 0. The summed E-state index contributed by atoms with van der Waals surface area (Å²) in [5.74, 6) is 0.279. The fraction of sp³-hybridized carbons (Fsp3) is 0.952. The molecule has 45 heavy (non-hydrogen) atoms. The summed E-state index contributed by atoms with van der Waals surface area (Å²) in [4.78, 5) is 27.6. The summed E-state index contributed by atoms with van der Waals surface area (Å²) in [7, 11) is 3.78. The predicted octanol–water partition coefficient (Wildman–Crippen LogP) is 14.0. The molecule has 0 aliphatic rings. The SMILES string of the molecule is CCC.CCCCCCCCCCCCCCCCCC(=O)C(C(=O)CCCCCCCCCCCCCCCCC)N(C)C. The highest BCUT2D eigenvalue weighted by Gasteiger charge is 2.27. The molecule has 0 aromatic carbocycles. The third kappa shape index (κ3) is 36.0. The van der Waals surface area contributed by atoms with Gasteiger partial charge in [-0.2, -0.15) is 0 Å². The summed E-state index contributed by atoms with van der Waals surface area (Å²) in [5.41, 5.74) is 0. The monoisotopic (exact) mass is 636 g/mol. The van der Waals surface area contributed by atoms with Crippen molar-refractivity contribution in [2.45, 2.75) is 246 Å². The molecule has 0 aromatic rings. The van der Waals surface area contributed by atoms with Gasteiger partial charge in [-0.3, -0.25) is 14.5 Å². The Bertz CT molecular complexity index is 541. The molecule has 0 aromatic heterocycles. The molecular weight excluding hydrogens is 550 g/mol. The molecule has 0 amide bonds. The third-order valence-corrected chi connectivity index (χ3v) is 9.18. The molecule has 0 bridgehead atoms. The van der Waals surface area contributed by atoms with Crippen molar-refractivity contribution in [3.8, 4) is 0 Å².